The number of nitrogens with zero attached hydrogens (tertiary/aromatic N) is 1. The summed E-state index contributed by atoms with van der Waals surface area (Å²) in [4.78, 5) is 25.8. The van der Waals surface area contributed by atoms with E-state index in [4.69, 9.17) is 9.47 Å². The molecule has 1 aromatic rings. The Hall–Kier alpha value is -1.99. The van der Waals surface area contributed by atoms with E-state index in [2.05, 4.69) is 5.32 Å². The van der Waals surface area contributed by atoms with Gasteiger partial charge in [0.25, 0.3) is 5.91 Å². The minimum atomic E-state index is -0.828. The van der Waals surface area contributed by atoms with E-state index in [1.807, 2.05) is 6.92 Å². The number of hydrogen-bond donors (Lipinski definition) is 1. The molecule has 1 aliphatic rings. The molecule has 1 heterocycles. The molecule has 24 heavy (non-hydrogen) atoms. The van der Waals surface area contributed by atoms with Crippen molar-refractivity contribution in [2.75, 3.05) is 33.4 Å². The van der Waals surface area contributed by atoms with E-state index in [9.17, 15) is 14.0 Å². The average Bonchev–Trinajstić information content (AvgIpc) is 2.58. The van der Waals surface area contributed by atoms with Crippen LogP contribution in [0.4, 0.5) is 4.39 Å². The summed E-state index contributed by atoms with van der Waals surface area (Å²) >= 11 is 0. The van der Waals surface area contributed by atoms with Crippen molar-refractivity contribution in [1.82, 2.24) is 10.2 Å². The highest BCUT2D eigenvalue weighted by Gasteiger charge is 2.39. The summed E-state index contributed by atoms with van der Waals surface area (Å²) in [5, 5.41) is 2.80. The minimum Gasteiger partial charge on any atom is -0.382 e. The van der Waals surface area contributed by atoms with Crippen molar-refractivity contribution in [1.29, 1.82) is 0 Å². The normalized spacial score (nSPS) is 21.0. The Labute approximate surface area is 140 Å². The lowest BCUT2D eigenvalue weighted by Gasteiger charge is -2.38. The highest BCUT2D eigenvalue weighted by Crippen LogP contribution is 2.29. The van der Waals surface area contributed by atoms with Gasteiger partial charge in [-0.2, -0.15) is 0 Å². The second-order valence-corrected chi connectivity index (χ2v) is 5.57. The van der Waals surface area contributed by atoms with Gasteiger partial charge in [-0.05, 0) is 31.0 Å². The van der Waals surface area contributed by atoms with Crippen molar-refractivity contribution in [3.8, 4) is 0 Å². The first-order valence-electron chi connectivity index (χ1n) is 8.02. The summed E-state index contributed by atoms with van der Waals surface area (Å²) in [7, 11) is 1.62. The number of ether oxygens (including phenoxy) is 2. The number of rotatable bonds is 7. The molecule has 1 fully saturated rings. The van der Waals surface area contributed by atoms with Gasteiger partial charge in [-0.1, -0.05) is 12.1 Å². The minimum absolute atomic E-state index is 0.148. The number of morpholine rings is 1. The summed E-state index contributed by atoms with van der Waals surface area (Å²) in [6, 6.07) is 5.15. The van der Waals surface area contributed by atoms with Gasteiger partial charge in [-0.25, -0.2) is 4.39 Å². The van der Waals surface area contributed by atoms with Crippen LogP contribution < -0.4 is 5.32 Å². The van der Waals surface area contributed by atoms with Crippen LogP contribution in [0, 0.1) is 5.82 Å². The number of halogens is 1. The van der Waals surface area contributed by atoms with Crippen molar-refractivity contribution < 1.29 is 23.5 Å². The molecule has 0 unspecified atom stereocenters. The van der Waals surface area contributed by atoms with Crippen LogP contribution in [0.15, 0.2) is 24.3 Å². The Morgan fingerprint density at radius 2 is 2.12 bits per heavy atom. The number of amides is 2. The molecule has 1 saturated heterocycles. The van der Waals surface area contributed by atoms with Crippen LogP contribution in [-0.4, -0.2) is 56.2 Å². The van der Waals surface area contributed by atoms with Crippen LogP contribution in [0.2, 0.25) is 0 Å². The predicted molar refractivity (Wildman–Crippen MR) is 85.8 cm³/mol. The first-order valence-corrected chi connectivity index (χ1v) is 8.02. The van der Waals surface area contributed by atoms with Crippen molar-refractivity contribution in [2.24, 2.45) is 0 Å². The zero-order valence-electron chi connectivity index (χ0n) is 14.0. The van der Waals surface area contributed by atoms with E-state index in [0.29, 0.717) is 31.7 Å². The lowest BCUT2D eigenvalue weighted by Crippen LogP contribution is -2.53. The molecule has 132 valence electrons. The SMILES string of the molecule is CCOCCCNC(=O)[C@H]1OCC(=O)N(C)[C@H]1c1ccc(F)cc1. The van der Waals surface area contributed by atoms with Gasteiger partial charge in [-0.3, -0.25) is 9.59 Å². The first-order chi connectivity index (χ1) is 11.5. The Bertz CT molecular complexity index is 564. The fraction of sp³-hybridized carbons (Fsp3) is 0.529. The molecule has 6 nitrogen and oxygen atoms in total. The van der Waals surface area contributed by atoms with E-state index in [-0.39, 0.29) is 24.2 Å². The summed E-state index contributed by atoms with van der Waals surface area (Å²) in [5.74, 6) is -0.883. The summed E-state index contributed by atoms with van der Waals surface area (Å²) in [5.41, 5.74) is 0.654. The predicted octanol–water partition coefficient (Wildman–Crippen LogP) is 1.27. The maximum absolute atomic E-state index is 13.1. The molecule has 7 heteroatoms. The fourth-order valence-corrected chi connectivity index (χ4v) is 2.62. The Morgan fingerprint density at radius 1 is 1.42 bits per heavy atom. The van der Waals surface area contributed by atoms with Crippen LogP contribution in [0.3, 0.4) is 0 Å². The van der Waals surface area contributed by atoms with Gasteiger partial charge in [0.05, 0.1) is 6.04 Å². The van der Waals surface area contributed by atoms with E-state index >= 15 is 0 Å². The molecule has 0 aromatic heterocycles. The highest BCUT2D eigenvalue weighted by atomic mass is 19.1. The molecular weight excluding hydrogens is 315 g/mol. The lowest BCUT2D eigenvalue weighted by atomic mass is 9.97. The quantitative estimate of drug-likeness (QED) is 0.760. The van der Waals surface area contributed by atoms with Crippen LogP contribution in [0.25, 0.3) is 0 Å². The van der Waals surface area contributed by atoms with E-state index in [1.165, 1.54) is 17.0 Å². The largest absolute Gasteiger partial charge is 0.382 e. The van der Waals surface area contributed by atoms with E-state index in [1.54, 1.807) is 19.2 Å². The third-order valence-electron chi connectivity index (χ3n) is 3.92. The van der Waals surface area contributed by atoms with Crippen LogP contribution in [-0.2, 0) is 19.1 Å². The van der Waals surface area contributed by atoms with Crippen molar-refractivity contribution in [3.05, 3.63) is 35.6 Å². The van der Waals surface area contributed by atoms with Crippen molar-refractivity contribution >= 4 is 11.8 Å². The Morgan fingerprint density at radius 3 is 2.79 bits per heavy atom. The average molecular weight is 338 g/mol. The van der Waals surface area contributed by atoms with Crippen molar-refractivity contribution in [3.63, 3.8) is 0 Å². The molecule has 0 radical (unpaired) electrons. The Balaban J connectivity index is 2.06. The van der Waals surface area contributed by atoms with E-state index < -0.39 is 12.1 Å². The maximum Gasteiger partial charge on any atom is 0.251 e. The lowest BCUT2D eigenvalue weighted by molar-refractivity contribution is -0.162. The number of benzene rings is 1. The molecule has 2 atom stereocenters. The summed E-state index contributed by atoms with van der Waals surface area (Å²) < 4.78 is 23.8. The summed E-state index contributed by atoms with van der Waals surface area (Å²) in [6.07, 6.45) is -0.132. The third kappa shape index (κ3) is 4.52. The molecule has 0 bridgehead atoms. The number of likely N-dealkylation sites (N-methyl/N-ethyl adjacent to an activating group) is 1. The molecule has 1 N–H and O–H groups in total. The Kier molecular flexibility index (Phi) is 6.69. The molecule has 0 aliphatic carbocycles. The standard InChI is InChI=1S/C17H23FN2O4/c1-3-23-10-4-9-19-17(22)16-15(20(2)14(21)11-24-16)12-5-7-13(18)8-6-12/h5-8,15-16H,3-4,9-11H2,1-2H3,(H,19,22)/t15-,16-/m0/s1. The molecule has 2 rings (SSSR count). The van der Waals surface area contributed by atoms with Crippen LogP contribution in [0.1, 0.15) is 24.9 Å². The second-order valence-electron chi connectivity index (χ2n) is 5.57. The third-order valence-corrected chi connectivity index (χ3v) is 3.92. The van der Waals surface area contributed by atoms with Gasteiger partial charge in [0.15, 0.2) is 6.10 Å². The number of hydrogen-bond acceptors (Lipinski definition) is 4. The molecule has 1 aromatic carbocycles. The number of carbonyl (C=O) groups is 2. The van der Waals surface area contributed by atoms with Crippen LogP contribution >= 0.6 is 0 Å². The van der Waals surface area contributed by atoms with Gasteiger partial charge in [0.1, 0.15) is 12.4 Å². The zero-order chi connectivity index (χ0) is 17.5. The molecule has 1 aliphatic heterocycles. The van der Waals surface area contributed by atoms with E-state index in [0.717, 1.165) is 0 Å². The smallest absolute Gasteiger partial charge is 0.251 e. The van der Waals surface area contributed by atoms with Gasteiger partial charge < -0.3 is 19.7 Å². The second kappa shape index (κ2) is 8.75. The zero-order valence-corrected chi connectivity index (χ0v) is 14.0. The molecule has 0 spiro atoms. The van der Waals surface area contributed by atoms with Gasteiger partial charge in [-0.15, -0.1) is 0 Å². The maximum atomic E-state index is 13.1. The van der Waals surface area contributed by atoms with Crippen molar-refractivity contribution in [2.45, 2.75) is 25.5 Å². The molecule has 0 saturated carbocycles. The van der Waals surface area contributed by atoms with Gasteiger partial charge >= 0.3 is 0 Å². The number of nitrogens with one attached hydrogen (secondary N) is 1. The van der Waals surface area contributed by atoms with Gasteiger partial charge in [0.2, 0.25) is 5.91 Å². The topological polar surface area (TPSA) is 67.9 Å². The summed E-state index contributed by atoms with van der Waals surface area (Å²) in [6.45, 7) is 3.44. The highest BCUT2D eigenvalue weighted by molar-refractivity contribution is 5.86. The monoisotopic (exact) mass is 338 g/mol. The molecular formula is C17H23FN2O4. The molecule has 2 amide bonds. The fourth-order valence-electron chi connectivity index (χ4n) is 2.62. The van der Waals surface area contributed by atoms with Crippen LogP contribution in [0.5, 0.6) is 0 Å². The van der Waals surface area contributed by atoms with Gasteiger partial charge in [0, 0.05) is 26.8 Å². The number of carbonyl (C=O) groups excluding carboxylic acids is 2. The first kappa shape index (κ1) is 18.4.